The number of hydrogen-bond acceptors (Lipinski definition) is 11. The number of carbonyl (C=O) groups excluding carboxylic acids is 1. The minimum absolute atomic E-state index is 0.0382. The molecule has 0 saturated heterocycles. The van der Waals surface area contributed by atoms with E-state index >= 15 is 0 Å². The predicted octanol–water partition coefficient (Wildman–Crippen LogP) is 4.93. The Labute approximate surface area is 195 Å². The Morgan fingerprint density at radius 1 is 1.21 bits per heavy atom. The van der Waals surface area contributed by atoms with E-state index in [1.54, 1.807) is 31.4 Å². The molecule has 2 heterocycles. The lowest BCUT2D eigenvalue weighted by atomic mass is 10.2. The van der Waals surface area contributed by atoms with Gasteiger partial charge in [0.2, 0.25) is 5.82 Å². The lowest BCUT2D eigenvalue weighted by molar-refractivity contribution is -0.387. The van der Waals surface area contributed by atoms with Crippen LogP contribution in [0.3, 0.4) is 0 Å². The third-order valence-corrected chi connectivity index (χ3v) is 6.45. The SMILES string of the molecule is COc1ccc(-c2noc(COC(=O)c3ccc(Sc4nc(C)cs4)c([N+](=O)[O-])c3)n2)cc1. The summed E-state index contributed by atoms with van der Waals surface area (Å²) in [6, 6.07) is 11.2. The normalized spacial score (nSPS) is 10.7. The Morgan fingerprint density at radius 3 is 2.67 bits per heavy atom. The fourth-order valence-corrected chi connectivity index (χ4v) is 4.61. The van der Waals surface area contributed by atoms with Crippen LogP contribution in [-0.4, -0.2) is 33.1 Å². The Morgan fingerprint density at radius 2 is 2.00 bits per heavy atom. The van der Waals surface area contributed by atoms with Crippen LogP contribution < -0.4 is 4.74 Å². The molecule has 0 atom stereocenters. The number of esters is 1. The maximum atomic E-state index is 12.4. The summed E-state index contributed by atoms with van der Waals surface area (Å²) in [6.45, 7) is 1.57. The Kier molecular flexibility index (Phi) is 6.66. The van der Waals surface area contributed by atoms with Gasteiger partial charge in [0, 0.05) is 22.7 Å². The topological polar surface area (TPSA) is 130 Å². The molecule has 12 heteroatoms. The standard InChI is InChI=1S/C21H16N4O6S2/c1-12-11-32-21(22-12)33-17-8-5-14(9-16(17)25(27)28)20(26)30-10-18-23-19(24-31-18)13-3-6-15(29-2)7-4-13/h3-9,11H,10H2,1-2H3. The highest BCUT2D eigenvalue weighted by molar-refractivity contribution is 8.01. The number of nitrogens with zero attached hydrogens (tertiary/aromatic N) is 4. The number of methoxy groups -OCH3 is 1. The van der Waals surface area contributed by atoms with E-state index in [-0.39, 0.29) is 23.7 Å². The number of ether oxygens (including phenoxy) is 2. The number of hydrogen-bond donors (Lipinski definition) is 0. The zero-order chi connectivity index (χ0) is 23.4. The van der Waals surface area contributed by atoms with Crippen molar-refractivity contribution in [2.24, 2.45) is 0 Å². The van der Waals surface area contributed by atoms with E-state index in [2.05, 4.69) is 15.1 Å². The molecule has 0 spiro atoms. The molecule has 33 heavy (non-hydrogen) atoms. The highest BCUT2D eigenvalue weighted by Crippen LogP contribution is 2.37. The van der Waals surface area contributed by atoms with Gasteiger partial charge >= 0.3 is 5.97 Å². The van der Waals surface area contributed by atoms with Gasteiger partial charge in [0.05, 0.1) is 22.5 Å². The summed E-state index contributed by atoms with van der Waals surface area (Å²) in [5, 5.41) is 17.3. The molecule has 10 nitrogen and oxygen atoms in total. The van der Waals surface area contributed by atoms with Crippen LogP contribution in [0.15, 0.2) is 61.6 Å². The lowest BCUT2D eigenvalue weighted by Crippen LogP contribution is -2.06. The van der Waals surface area contributed by atoms with Gasteiger partial charge in [-0.25, -0.2) is 9.78 Å². The Balaban J connectivity index is 1.43. The fraction of sp³-hybridized carbons (Fsp3) is 0.143. The van der Waals surface area contributed by atoms with E-state index in [1.807, 2.05) is 12.3 Å². The Bertz CT molecular complexity index is 1300. The van der Waals surface area contributed by atoms with Crippen molar-refractivity contribution in [2.75, 3.05) is 7.11 Å². The van der Waals surface area contributed by atoms with Crippen molar-refractivity contribution in [2.45, 2.75) is 22.8 Å². The van der Waals surface area contributed by atoms with E-state index in [0.717, 1.165) is 5.69 Å². The van der Waals surface area contributed by atoms with Crippen LogP contribution in [0.4, 0.5) is 5.69 Å². The third-order valence-electron chi connectivity index (χ3n) is 4.33. The number of benzene rings is 2. The Hall–Kier alpha value is -3.77. The maximum absolute atomic E-state index is 12.4. The lowest BCUT2D eigenvalue weighted by Gasteiger charge is -2.05. The minimum atomic E-state index is -0.746. The quantitative estimate of drug-likeness (QED) is 0.193. The summed E-state index contributed by atoms with van der Waals surface area (Å²) in [4.78, 5) is 32.3. The summed E-state index contributed by atoms with van der Waals surface area (Å²) in [7, 11) is 1.57. The van der Waals surface area contributed by atoms with Gasteiger partial charge in [0.1, 0.15) is 5.75 Å². The van der Waals surface area contributed by atoms with Gasteiger partial charge < -0.3 is 14.0 Å². The van der Waals surface area contributed by atoms with Crippen molar-refractivity contribution in [1.29, 1.82) is 0 Å². The average molecular weight is 485 g/mol. The van der Waals surface area contributed by atoms with Crippen LogP contribution >= 0.6 is 23.1 Å². The molecule has 0 saturated carbocycles. The second-order valence-electron chi connectivity index (χ2n) is 6.61. The van der Waals surface area contributed by atoms with Crippen molar-refractivity contribution in [3.05, 3.63) is 75.1 Å². The molecular formula is C21H16N4O6S2. The molecular weight excluding hydrogens is 468 g/mol. The first-order valence-electron chi connectivity index (χ1n) is 9.45. The molecule has 0 aliphatic heterocycles. The molecule has 4 rings (SSSR count). The van der Waals surface area contributed by atoms with Crippen LogP contribution in [0.1, 0.15) is 21.9 Å². The number of aromatic nitrogens is 3. The smallest absolute Gasteiger partial charge is 0.338 e. The number of nitro groups is 1. The second kappa shape index (κ2) is 9.79. The molecule has 0 aliphatic rings. The van der Waals surface area contributed by atoms with E-state index in [9.17, 15) is 14.9 Å². The fourth-order valence-electron chi connectivity index (χ4n) is 2.73. The van der Waals surface area contributed by atoms with Crippen molar-refractivity contribution >= 4 is 34.8 Å². The van der Waals surface area contributed by atoms with E-state index < -0.39 is 10.9 Å². The first-order valence-corrected chi connectivity index (χ1v) is 11.1. The molecule has 4 aromatic rings. The number of thiazole rings is 1. The van der Waals surface area contributed by atoms with Gasteiger partial charge in [-0.15, -0.1) is 11.3 Å². The van der Waals surface area contributed by atoms with Gasteiger partial charge in [-0.2, -0.15) is 4.98 Å². The number of carbonyl (C=O) groups is 1. The summed E-state index contributed by atoms with van der Waals surface area (Å²) >= 11 is 2.56. The average Bonchev–Trinajstić information content (AvgIpc) is 3.46. The van der Waals surface area contributed by atoms with Gasteiger partial charge in [-0.1, -0.05) is 16.9 Å². The zero-order valence-electron chi connectivity index (χ0n) is 17.4. The maximum Gasteiger partial charge on any atom is 0.338 e. The van der Waals surface area contributed by atoms with Gasteiger partial charge in [0.25, 0.3) is 11.6 Å². The zero-order valence-corrected chi connectivity index (χ0v) is 19.0. The molecule has 0 N–H and O–H groups in total. The number of aryl methyl sites for hydroxylation is 1. The van der Waals surface area contributed by atoms with Crippen LogP contribution in [0.2, 0.25) is 0 Å². The van der Waals surface area contributed by atoms with Crippen LogP contribution in [0.25, 0.3) is 11.4 Å². The molecule has 2 aromatic carbocycles. The van der Waals surface area contributed by atoms with Crippen molar-refractivity contribution in [1.82, 2.24) is 15.1 Å². The molecule has 0 unspecified atom stereocenters. The molecule has 2 aromatic heterocycles. The van der Waals surface area contributed by atoms with Crippen molar-refractivity contribution < 1.29 is 23.7 Å². The second-order valence-corrected chi connectivity index (χ2v) is 8.76. The van der Waals surface area contributed by atoms with Crippen LogP contribution in [0.5, 0.6) is 5.75 Å². The molecule has 0 radical (unpaired) electrons. The van der Waals surface area contributed by atoms with Gasteiger partial charge in [-0.05, 0) is 43.3 Å². The van der Waals surface area contributed by atoms with Crippen molar-refractivity contribution in [3.63, 3.8) is 0 Å². The predicted molar refractivity (Wildman–Crippen MR) is 119 cm³/mol. The highest BCUT2D eigenvalue weighted by atomic mass is 32.2. The minimum Gasteiger partial charge on any atom is -0.497 e. The summed E-state index contributed by atoms with van der Waals surface area (Å²) in [5.74, 6) is 0.369. The molecule has 0 amide bonds. The summed E-state index contributed by atoms with van der Waals surface area (Å²) < 4.78 is 16.1. The summed E-state index contributed by atoms with van der Waals surface area (Å²) in [5.41, 5.74) is 1.37. The largest absolute Gasteiger partial charge is 0.497 e. The van der Waals surface area contributed by atoms with Crippen LogP contribution in [0, 0.1) is 17.0 Å². The first-order chi connectivity index (χ1) is 15.9. The number of nitro benzene ring substituents is 1. The third kappa shape index (κ3) is 5.35. The van der Waals surface area contributed by atoms with Gasteiger partial charge in [0.15, 0.2) is 10.9 Å². The molecule has 0 bridgehead atoms. The van der Waals surface area contributed by atoms with E-state index in [1.165, 1.54) is 41.3 Å². The highest BCUT2D eigenvalue weighted by Gasteiger charge is 2.21. The molecule has 0 aliphatic carbocycles. The summed E-state index contributed by atoms with van der Waals surface area (Å²) in [6.07, 6.45) is 0. The van der Waals surface area contributed by atoms with Gasteiger partial charge in [-0.3, -0.25) is 10.1 Å². The molecule has 168 valence electrons. The van der Waals surface area contributed by atoms with Crippen LogP contribution in [-0.2, 0) is 11.3 Å². The first kappa shape index (κ1) is 22.4. The van der Waals surface area contributed by atoms with Crippen molar-refractivity contribution in [3.8, 4) is 17.1 Å². The number of rotatable bonds is 8. The molecule has 0 fully saturated rings. The monoisotopic (exact) mass is 484 g/mol. The van der Waals surface area contributed by atoms with E-state index in [4.69, 9.17) is 14.0 Å². The van der Waals surface area contributed by atoms with E-state index in [0.29, 0.717) is 26.4 Å².